The van der Waals surface area contributed by atoms with E-state index in [9.17, 15) is 29.2 Å². The van der Waals surface area contributed by atoms with Gasteiger partial charge in [0, 0.05) is 6.07 Å². The van der Waals surface area contributed by atoms with E-state index in [0.29, 0.717) is 0 Å². The Labute approximate surface area is 156 Å². The zero-order valence-corrected chi connectivity index (χ0v) is 14.2. The molecular weight excluding hydrogens is 377 g/mol. The molecular formula is C17H9FN3O5S-. The van der Waals surface area contributed by atoms with Gasteiger partial charge in [0.15, 0.2) is 5.11 Å². The monoisotopic (exact) mass is 386 g/mol. The molecule has 2 aromatic rings. The molecule has 1 aliphatic rings. The van der Waals surface area contributed by atoms with Gasteiger partial charge >= 0.3 is 0 Å². The second-order valence-electron chi connectivity index (χ2n) is 5.39. The van der Waals surface area contributed by atoms with Gasteiger partial charge < -0.3 is 5.11 Å². The van der Waals surface area contributed by atoms with E-state index in [1.807, 2.05) is 0 Å². The Balaban J connectivity index is 2.06. The minimum absolute atomic E-state index is 0.0844. The van der Waals surface area contributed by atoms with Crippen LogP contribution in [0.5, 0.6) is 5.75 Å². The zero-order chi connectivity index (χ0) is 19.7. The molecule has 0 spiro atoms. The fourth-order valence-corrected chi connectivity index (χ4v) is 2.72. The van der Waals surface area contributed by atoms with Crippen molar-refractivity contribution in [2.24, 2.45) is 0 Å². The van der Waals surface area contributed by atoms with Crippen LogP contribution in [0.1, 0.15) is 5.56 Å². The molecule has 10 heteroatoms. The summed E-state index contributed by atoms with van der Waals surface area (Å²) in [6, 6.07) is 8.47. The molecule has 0 unspecified atom stereocenters. The number of benzene rings is 2. The van der Waals surface area contributed by atoms with Gasteiger partial charge in [-0.3, -0.25) is 25.0 Å². The largest absolute Gasteiger partial charge is 0.868 e. The number of carbonyl (C=O) groups excluding carboxylic acids is 2. The van der Waals surface area contributed by atoms with E-state index in [1.54, 1.807) is 0 Å². The van der Waals surface area contributed by atoms with E-state index in [2.05, 4.69) is 5.32 Å². The lowest BCUT2D eigenvalue weighted by atomic mass is 10.1. The van der Waals surface area contributed by atoms with E-state index >= 15 is 0 Å². The lowest BCUT2D eigenvalue weighted by molar-refractivity contribution is -0.398. The van der Waals surface area contributed by atoms with E-state index in [-0.39, 0.29) is 16.4 Å². The Kier molecular flexibility index (Phi) is 4.65. The summed E-state index contributed by atoms with van der Waals surface area (Å²) in [7, 11) is 0. The van der Waals surface area contributed by atoms with Gasteiger partial charge in [-0.1, -0.05) is 24.3 Å². The first-order valence-electron chi connectivity index (χ1n) is 7.41. The smallest absolute Gasteiger partial charge is 0.270 e. The lowest BCUT2D eigenvalue weighted by Gasteiger charge is -2.29. The van der Waals surface area contributed by atoms with Crippen LogP contribution < -0.4 is 15.3 Å². The fourth-order valence-electron chi connectivity index (χ4n) is 2.44. The van der Waals surface area contributed by atoms with Gasteiger partial charge in [0.05, 0.1) is 10.6 Å². The van der Waals surface area contributed by atoms with E-state index in [0.717, 1.165) is 29.2 Å². The maximum Gasteiger partial charge on any atom is 0.270 e. The molecule has 1 aliphatic heterocycles. The number of carbonyl (C=O) groups is 2. The van der Waals surface area contributed by atoms with Crippen LogP contribution in [0.15, 0.2) is 48.0 Å². The number of para-hydroxylation sites is 1. The maximum absolute atomic E-state index is 14.1. The highest BCUT2D eigenvalue weighted by Gasteiger charge is 2.35. The first-order chi connectivity index (χ1) is 12.8. The normalized spacial score (nSPS) is 15.8. The topological polar surface area (TPSA) is 116 Å². The quantitative estimate of drug-likeness (QED) is 0.282. The number of rotatable bonds is 3. The predicted molar refractivity (Wildman–Crippen MR) is 95.1 cm³/mol. The summed E-state index contributed by atoms with van der Waals surface area (Å²) in [6.07, 6.45) is 1.07. The van der Waals surface area contributed by atoms with E-state index < -0.39 is 39.6 Å². The second-order valence-corrected chi connectivity index (χ2v) is 5.78. The number of thiocarbonyl (C=S) groups is 1. The van der Waals surface area contributed by atoms with Gasteiger partial charge in [-0.25, -0.2) is 9.29 Å². The molecule has 27 heavy (non-hydrogen) atoms. The number of halogens is 1. The molecule has 1 saturated heterocycles. The van der Waals surface area contributed by atoms with Crippen LogP contribution in [0, 0.1) is 15.9 Å². The summed E-state index contributed by atoms with van der Waals surface area (Å²) in [5, 5.41) is 24.3. The van der Waals surface area contributed by atoms with Gasteiger partial charge in [-0.05, 0) is 41.7 Å². The van der Waals surface area contributed by atoms with Crippen LogP contribution in [-0.4, -0.2) is 21.9 Å². The molecule has 8 nitrogen and oxygen atoms in total. The van der Waals surface area contributed by atoms with Crippen molar-refractivity contribution in [2.45, 2.75) is 0 Å². The molecule has 0 aliphatic carbocycles. The molecule has 0 saturated carbocycles. The Morgan fingerprint density at radius 3 is 2.56 bits per heavy atom. The molecule has 1 heterocycles. The summed E-state index contributed by atoms with van der Waals surface area (Å²) >= 11 is 4.96. The van der Waals surface area contributed by atoms with Crippen LogP contribution in [0.3, 0.4) is 0 Å². The number of nitro groups is 1. The molecule has 136 valence electrons. The third-order valence-electron chi connectivity index (χ3n) is 3.69. The molecule has 1 N–H and O–H groups in total. The van der Waals surface area contributed by atoms with Crippen LogP contribution in [0.2, 0.25) is 0 Å². The van der Waals surface area contributed by atoms with Crippen LogP contribution in [0.25, 0.3) is 6.08 Å². The molecule has 2 amide bonds. The Morgan fingerprint density at radius 2 is 1.89 bits per heavy atom. The van der Waals surface area contributed by atoms with Crippen LogP contribution >= 0.6 is 12.2 Å². The van der Waals surface area contributed by atoms with Gasteiger partial charge in [-0.15, -0.1) is 0 Å². The zero-order valence-electron chi connectivity index (χ0n) is 13.3. The Hall–Kier alpha value is -3.66. The number of hydrogen-bond acceptors (Lipinski definition) is 6. The molecule has 1 fully saturated rings. The number of hydrogen-bond donors (Lipinski definition) is 1. The van der Waals surface area contributed by atoms with Crippen molar-refractivity contribution in [1.29, 1.82) is 0 Å². The van der Waals surface area contributed by atoms with Crippen molar-refractivity contribution in [1.82, 2.24) is 5.32 Å². The predicted octanol–water partition coefficient (Wildman–Crippen LogP) is 1.64. The standard InChI is InChI=1S/C17H10FN3O5S/c18-11-3-1-2-4-12(11)20-16(24)10(15(23)19-17(20)27)7-9-5-6-14(22)13(8-9)21(25)26/h1-8,22H,(H,19,23,27)/p-1/b10-7+. The Morgan fingerprint density at radius 1 is 1.19 bits per heavy atom. The number of nitrogens with one attached hydrogen (secondary N) is 1. The Bertz CT molecular complexity index is 1040. The first kappa shape index (κ1) is 18.1. The molecule has 0 aromatic heterocycles. The van der Waals surface area contributed by atoms with Crippen molar-refractivity contribution in [3.8, 4) is 5.75 Å². The third kappa shape index (κ3) is 3.37. The summed E-state index contributed by atoms with van der Waals surface area (Å²) in [6.45, 7) is 0. The average molecular weight is 386 g/mol. The van der Waals surface area contributed by atoms with Crippen molar-refractivity contribution >= 4 is 46.6 Å². The van der Waals surface area contributed by atoms with Gasteiger partial charge in [-0.2, -0.15) is 0 Å². The van der Waals surface area contributed by atoms with Crippen LogP contribution in [-0.2, 0) is 9.59 Å². The molecule has 0 radical (unpaired) electrons. The lowest BCUT2D eigenvalue weighted by Crippen LogP contribution is -2.54. The fraction of sp³-hybridized carbons (Fsp3) is 0. The van der Waals surface area contributed by atoms with Crippen LogP contribution in [0.4, 0.5) is 15.8 Å². The van der Waals surface area contributed by atoms with Gasteiger partial charge in [0.2, 0.25) is 0 Å². The molecule has 0 bridgehead atoms. The average Bonchev–Trinajstić information content (AvgIpc) is 2.61. The highest BCUT2D eigenvalue weighted by molar-refractivity contribution is 7.80. The van der Waals surface area contributed by atoms with E-state index in [4.69, 9.17) is 12.2 Å². The third-order valence-corrected chi connectivity index (χ3v) is 3.97. The number of anilines is 1. The van der Waals surface area contributed by atoms with Crippen molar-refractivity contribution in [3.63, 3.8) is 0 Å². The SMILES string of the molecule is O=C1NC(=S)N(c2ccccc2F)C(=O)/C1=C/c1ccc([O-])c([N+](=O)[O-])c1. The number of nitrogens with zero attached hydrogens (tertiary/aromatic N) is 2. The number of nitro benzene ring substituents is 1. The number of amides is 2. The van der Waals surface area contributed by atoms with E-state index in [1.165, 1.54) is 24.3 Å². The summed E-state index contributed by atoms with van der Waals surface area (Å²) in [4.78, 5) is 35.7. The second kappa shape index (κ2) is 6.92. The maximum atomic E-state index is 14.1. The summed E-state index contributed by atoms with van der Waals surface area (Å²) < 4.78 is 14.1. The summed E-state index contributed by atoms with van der Waals surface area (Å²) in [5.74, 6) is -3.28. The van der Waals surface area contributed by atoms with Gasteiger partial charge in [0.1, 0.15) is 11.4 Å². The molecule has 2 aromatic carbocycles. The minimum atomic E-state index is -0.900. The highest BCUT2D eigenvalue weighted by Crippen LogP contribution is 2.27. The molecule has 3 rings (SSSR count). The minimum Gasteiger partial charge on any atom is -0.868 e. The first-order valence-corrected chi connectivity index (χ1v) is 7.82. The van der Waals surface area contributed by atoms with Crippen molar-refractivity contribution in [2.75, 3.05) is 4.90 Å². The van der Waals surface area contributed by atoms with Crippen molar-refractivity contribution in [3.05, 3.63) is 69.5 Å². The van der Waals surface area contributed by atoms with Crippen molar-refractivity contribution < 1.29 is 24.0 Å². The highest BCUT2D eigenvalue weighted by atomic mass is 32.1. The van der Waals surface area contributed by atoms with Gasteiger partial charge in [0.25, 0.3) is 17.5 Å². The molecule has 0 atom stereocenters. The summed E-state index contributed by atoms with van der Waals surface area (Å²) in [5.41, 5.74) is -1.19.